The van der Waals surface area contributed by atoms with E-state index in [2.05, 4.69) is 9.46 Å². The average molecular weight is 303 g/mol. The van der Waals surface area contributed by atoms with Crippen LogP contribution in [0, 0.1) is 0 Å². The zero-order valence-electron chi connectivity index (χ0n) is 10.0. The third-order valence-corrected chi connectivity index (χ3v) is 3.30. The van der Waals surface area contributed by atoms with Crippen molar-refractivity contribution in [3.05, 3.63) is 35.4 Å². The lowest BCUT2D eigenvalue weighted by molar-refractivity contribution is 0.177. The smallest absolute Gasteiger partial charge is 0.421 e. The number of hydrogen-bond donors (Lipinski definition) is 3. The largest absolute Gasteiger partial charge is 0.452 e. The summed E-state index contributed by atoms with van der Waals surface area (Å²) in [5, 5.41) is 0. The van der Waals surface area contributed by atoms with Gasteiger partial charge in [-0.1, -0.05) is 36.5 Å². The molecule has 0 aliphatic heterocycles. The Morgan fingerprint density at radius 2 is 1.95 bits per heavy atom. The van der Waals surface area contributed by atoms with Crippen molar-refractivity contribution in [3.63, 3.8) is 0 Å². The lowest BCUT2D eigenvalue weighted by atomic mass is 10.1. The SMILES string of the molecule is COC(=O)NS(=O)(=O)NCc1ccc(C(N)=S)cc1. The molecule has 0 fully saturated rings. The van der Waals surface area contributed by atoms with E-state index in [1.807, 2.05) is 0 Å². The molecule has 4 N–H and O–H groups in total. The predicted octanol–water partition coefficient (Wildman–Crippen LogP) is 0.0112. The van der Waals surface area contributed by atoms with E-state index < -0.39 is 16.3 Å². The summed E-state index contributed by atoms with van der Waals surface area (Å²) in [5.74, 6) is 0. The van der Waals surface area contributed by atoms with Gasteiger partial charge in [0.05, 0.1) is 7.11 Å². The van der Waals surface area contributed by atoms with E-state index in [0.29, 0.717) is 11.1 Å². The normalized spacial score (nSPS) is 10.8. The van der Waals surface area contributed by atoms with Crippen LogP contribution in [0.4, 0.5) is 4.79 Å². The lowest BCUT2D eigenvalue weighted by Crippen LogP contribution is -2.39. The molecule has 0 unspecified atom stereocenters. The van der Waals surface area contributed by atoms with Crippen LogP contribution in [-0.2, 0) is 21.5 Å². The maximum Gasteiger partial charge on any atom is 0.421 e. The van der Waals surface area contributed by atoms with Crippen LogP contribution < -0.4 is 15.2 Å². The molecule has 0 radical (unpaired) electrons. The van der Waals surface area contributed by atoms with Crippen molar-refractivity contribution in [1.82, 2.24) is 9.44 Å². The Bertz CT molecular complexity index is 569. The third kappa shape index (κ3) is 5.20. The number of carbonyl (C=O) groups excluding carboxylic acids is 1. The van der Waals surface area contributed by atoms with Gasteiger partial charge in [-0.25, -0.2) is 9.52 Å². The molecule has 7 nitrogen and oxygen atoms in total. The number of carbonyl (C=O) groups is 1. The highest BCUT2D eigenvalue weighted by molar-refractivity contribution is 7.88. The van der Waals surface area contributed by atoms with Crippen LogP contribution in [-0.4, -0.2) is 26.6 Å². The first-order valence-corrected chi connectivity index (χ1v) is 6.97. The van der Waals surface area contributed by atoms with Crippen LogP contribution in [0.3, 0.4) is 0 Å². The highest BCUT2D eigenvalue weighted by atomic mass is 32.2. The van der Waals surface area contributed by atoms with E-state index >= 15 is 0 Å². The van der Waals surface area contributed by atoms with E-state index in [9.17, 15) is 13.2 Å². The van der Waals surface area contributed by atoms with Crippen LogP contribution >= 0.6 is 12.2 Å². The minimum atomic E-state index is -3.94. The summed E-state index contributed by atoms with van der Waals surface area (Å²) in [4.78, 5) is 11.0. The van der Waals surface area contributed by atoms with Crippen molar-refractivity contribution < 1.29 is 17.9 Å². The van der Waals surface area contributed by atoms with Crippen molar-refractivity contribution in [2.75, 3.05) is 7.11 Å². The molecule has 19 heavy (non-hydrogen) atoms. The molecule has 1 rings (SSSR count). The van der Waals surface area contributed by atoms with E-state index in [1.54, 1.807) is 29.0 Å². The van der Waals surface area contributed by atoms with Gasteiger partial charge in [0.1, 0.15) is 4.99 Å². The summed E-state index contributed by atoms with van der Waals surface area (Å²) in [5.41, 5.74) is 6.81. The third-order valence-electron chi connectivity index (χ3n) is 2.11. The zero-order chi connectivity index (χ0) is 14.5. The lowest BCUT2D eigenvalue weighted by Gasteiger charge is -2.07. The highest BCUT2D eigenvalue weighted by Gasteiger charge is 2.13. The van der Waals surface area contributed by atoms with Crippen LogP contribution in [0.5, 0.6) is 0 Å². The second kappa shape index (κ2) is 6.45. The van der Waals surface area contributed by atoms with E-state index in [0.717, 1.165) is 7.11 Å². The standard InChI is InChI=1S/C10H13N3O4S2/c1-17-10(14)13-19(15,16)12-6-7-2-4-8(5-3-7)9(11)18/h2-5,12H,6H2,1H3,(H2,11,18)(H,13,14). The Hall–Kier alpha value is -1.71. The molecular formula is C10H13N3O4S2. The summed E-state index contributed by atoms with van der Waals surface area (Å²) in [6.45, 7) is 0.0178. The molecule has 104 valence electrons. The van der Waals surface area contributed by atoms with Gasteiger partial charge < -0.3 is 10.5 Å². The Balaban J connectivity index is 2.61. The number of amides is 1. The minimum absolute atomic E-state index is 0.0178. The summed E-state index contributed by atoms with van der Waals surface area (Å²) >= 11 is 4.79. The molecule has 0 atom stereocenters. The van der Waals surface area contributed by atoms with Gasteiger partial charge in [0.2, 0.25) is 0 Å². The number of rotatable bonds is 5. The molecule has 0 aliphatic rings. The number of ether oxygens (including phenoxy) is 1. The monoisotopic (exact) mass is 303 g/mol. The van der Waals surface area contributed by atoms with Gasteiger partial charge in [-0.3, -0.25) is 0 Å². The van der Waals surface area contributed by atoms with Crippen LogP contribution in [0.25, 0.3) is 0 Å². The second-order valence-electron chi connectivity index (χ2n) is 3.48. The number of nitrogens with one attached hydrogen (secondary N) is 2. The number of benzene rings is 1. The minimum Gasteiger partial charge on any atom is -0.452 e. The Labute approximate surface area is 116 Å². The quantitative estimate of drug-likeness (QED) is 0.661. The average Bonchev–Trinajstić information content (AvgIpc) is 2.36. The van der Waals surface area contributed by atoms with E-state index in [1.165, 1.54) is 0 Å². The highest BCUT2D eigenvalue weighted by Crippen LogP contribution is 2.04. The predicted molar refractivity (Wildman–Crippen MR) is 73.6 cm³/mol. The maximum absolute atomic E-state index is 11.4. The number of methoxy groups -OCH3 is 1. The Kier molecular flexibility index (Phi) is 5.21. The molecule has 1 amide bonds. The summed E-state index contributed by atoms with van der Waals surface area (Å²) < 4.78 is 30.8. The van der Waals surface area contributed by atoms with Gasteiger partial charge in [-0.05, 0) is 5.56 Å². The first-order chi connectivity index (χ1) is 8.84. The maximum atomic E-state index is 11.4. The Morgan fingerprint density at radius 1 is 1.37 bits per heavy atom. The molecule has 0 aliphatic carbocycles. The molecule has 0 heterocycles. The molecule has 0 saturated carbocycles. The molecule has 0 aromatic heterocycles. The van der Waals surface area contributed by atoms with Crippen molar-refractivity contribution in [2.24, 2.45) is 5.73 Å². The van der Waals surface area contributed by atoms with Crippen molar-refractivity contribution in [3.8, 4) is 0 Å². The first-order valence-electron chi connectivity index (χ1n) is 5.08. The fraction of sp³-hybridized carbons (Fsp3) is 0.200. The van der Waals surface area contributed by atoms with Crippen LogP contribution in [0.15, 0.2) is 24.3 Å². The zero-order valence-corrected chi connectivity index (χ0v) is 11.7. The first kappa shape index (κ1) is 15.3. The van der Waals surface area contributed by atoms with Crippen LogP contribution in [0.2, 0.25) is 0 Å². The van der Waals surface area contributed by atoms with Crippen LogP contribution in [0.1, 0.15) is 11.1 Å². The van der Waals surface area contributed by atoms with Gasteiger partial charge in [0, 0.05) is 12.1 Å². The molecular weight excluding hydrogens is 290 g/mol. The van der Waals surface area contributed by atoms with Crippen molar-refractivity contribution >= 4 is 33.5 Å². The summed E-state index contributed by atoms with van der Waals surface area (Å²) in [7, 11) is -2.87. The topological polar surface area (TPSA) is 111 Å². The molecule has 0 spiro atoms. The fourth-order valence-corrected chi connectivity index (χ4v) is 2.02. The van der Waals surface area contributed by atoms with E-state index in [-0.39, 0.29) is 11.5 Å². The molecule has 1 aromatic rings. The fourth-order valence-electron chi connectivity index (χ4n) is 1.15. The van der Waals surface area contributed by atoms with Gasteiger partial charge in [0.15, 0.2) is 0 Å². The molecule has 1 aromatic carbocycles. The molecule has 9 heteroatoms. The van der Waals surface area contributed by atoms with Crippen molar-refractivity contribution in [1.29, 1.82) is 0 Å². The van der Waals surface area contributed by atoms with E-state index in [4.69, 9.17) is 18.0 Å². The second-order valence-corrected chi connectivity index (χ2v) is 5.42. The Morgan fingerprint density at radius 3 is 2.42 bits per heavy atom. The van der Waals surface area contributed by atoms with Gasteiger partial charge in [0.25, 0.3) is 0 Å². The number of thiocarbonyl (C=S) groups is 1. The van der Waals surface area contributed by atoms with Gasteiger partial charge in [-0.15, -0.1) is 0 Å². The van der Waals surface area contributed by atoms with Gasteiger partial charge in [-0.2, -0.15) is 13.1 Å². The summed E-state index contributed by atoms with van der Waals surface area (Å²) in [6, 6.07) is 6.71. The summed E-state index contributed by atoms with van der Waals surface area (Å²) in [6.07, 6.45) is -1.06. The van der Waals surface area contributed by atoms with Gasteiger partial charge >= 0.3 is 16.3 Å². The number of nitrogens with two attached hydrogens (primary N) is 1. The number of hydrogen-bond acceptors (Lipinski definition) is 5. The molecule has 0 bridgehead atoms. The molecule has 0 saturated heterocycles. The van der Waals surface area contributed by atoms with Crippen molar-refractivity contribution in [2.45, 2.75) is 6.54 Å².